The van der Waals surface area contributed by atoms with Crippen LogP contribution in [0, 0.1) is 17.8 Å². The van der Waals surface area contributed by atoms with Crippen LogP contribution in [0.5, 0.6) is 0 Å². The second-order valence-corrected chi connectivity index (χ2v) is 12.0. The highest BCUT2D eigenvalue weighted by Gasteiger charge is 2.27. The first-order valence-corrected chi connectivity index (χ1v) is 15.2. The smallest absolute Gasteiger partial charge is 0.196 e. The number of unbranched alkanes of at least 4 members (excludes halogenated alkanes) is 2. The van der Waals surface area contributed by atoms with E-state index in [0.717, 1.165) is 55.4 Å². The fraction of sp³-hybridized carbons (Fsp3) is 0.656. The van der Waals surface area contributed by atoms with E-state index in [2.05, 4.69) is 63.3 Å². The van der Waals surface area contributed by atoms with E-state index in [1.165, 1.54) is 74.3 Å². The zero-order valence-corrected chi connectivity index (χ0v) is 23.3. The highest BCUT2D eigenvalue weighted by Crippen LogP contribution is 2.37. The van der Waals surface area contributed by atoms with Crippen LogP contribution in [-0.4, -0.2) is 17.8 Å². The lowest BCUT2D eigenvalue weighted by Crippen LogP contribution is -2.21. The van der Waals surface area contributed by atoms with E-state index in [-0.39, 0.29) is 5.92 Å². The van der Waals surface area contributed by atoms with Crippen LogP contribution in [0.25, 0.3) is 6.08 Å². The summed E-state index contributed by atoms with van der Waals surface area (Å²) >= 11 is 1.45. The molecule has 2 aliphatic carbocycles. The van der Waals surface area contributed by atoms with Crippen molar-refractivity contribution in [1.29, 1.82) is 0 Å². The van der Waals surface area contributed by atoms with Gasteiger partial charge in [-0.15, -0.1) is 0 Å². The molecule has 3 rings (SSSR count). The Labute approximate surface area is 219 Å². The van der Waals surface area contributed by atoms with Gasteiger partial charge in [-0.2, -0.15) is 0 Å². The molecule has 3 heteroatoms. The fourth-order valence-electron chi connectivity index (χ4n) is 5.60. The van der Waals surface area contributed by atoms with Crippen molar-refractivity contribution in [2.75, 3.05) is 6.61 Å². The van der Waals surface area contributed by atoms with Crippen LogP contribution in [-0.2, 0) is 9.53 Å². The summed E-state index contributed by atoms with van der Waals surface area (Å²) in [5.41, 5.74) is 2.61. The maximum Gasteiger partial charge on any atom is 0.196 e. The van der Waals surface area contributed by atoms with Gasteiger partial charge in [0, 0.05) is 17.4 Å². The van der Waals surface area contributed by atoms with Gasteiger partial charge >= 0.3 is 0 Å². The Hall–Kier alpha value is -1.32. The van der Waals surface area contributed by atoms with Crippen molar-refractivity contribution < 1.29 is 9.53 Å². The summed E-state index contributed by atoms with van der Waals surface area (Å²) in [5.74, 6) is 1.91. The summed E-state index contributed by atoms with van der Waals surface area (Å²) in [6, 6.07) is 8.49. The highest BCUT2D eigenvalue weighted by atomic mass is 32.2. The summed E-state index contributed by atoms with van der Waals surface area (Å²) < 4.78 is 6.02. The SMILES string of the molecule is CCCCCOC1CC=C(/C=C/c2ccc(SC(=O)C3CCC(CC(C)CCC)CC3)cc2)CC1. The van der Waals surface area contributed by atoms with E-state index in [0.29, 0.717) is 11.2 Å². The number of ether oxygens (including phenoxy) is 1. The Bertz CT molecular complexity index is 801. The van der Waals surface area contributed by atoms with Crippen LogP contribution in [0.4, 0.5) is 0 Å². The highest BCUT2D eigenvalue weighted by molar-refractivity contribution is 8.13. The zero-order chi connectivity index (χ0) is 24.9. The maximum atomic E-state index is 12.9. The molecule has 35 heavy (non-hydrogen) atoms. The van der Waals surface area contributed by atoms with Gasteiger partial charge in [-0.3, -0.25) is 4.79 Å². The Morgan fingerprint density at radius 1 is 1.03 bits per heavy atom. The molecule has 2 aliphatic rings. The van der Waals surface area contributed by atoms with Crippen molar-refractivity contribution in [1.82, 2.24) is 0 Å². The number of rotatable bonds is 13. The van der Waals surface area contributed by atoms with Gasteiger partial charge in [-0.05, 0) is 87.3 Å². The molecule has 1 aromatic rings. The molecule has 0 radical (unpaired) electrons. The zero-order valence-electron chi connectivity index (χ0n) is 22.5. The van der Waals surface area contributed by atoms with Crippen LogP contribution < -0.4 is 0 Å². The predicted molar refractivity (Wildman–Crippen MR) is 152 cm³/mol. The number of allylic oxidation sites excluding steroid dienone is 2. The van der Waals surface area contributed by atoms with E-state index >= 15 is 0 Å². The van der Waals surface area contributed by atoms with E-state index in [1.54, 1.807) is 0 Å². The summed E-state index contributed by atoms with van der Waals surface area (Å²) in [6.45, 7) is 7.81. The molecule has 194 valence electrons. The van der Waals surface area contributed by atoms with E-state index < -0.39 is 0 Å². The Morgan fingerprint density at radius 2 is 1.80 bits per heavy atom. The van der Waals surface area contributed by atoms with Crippen LogP contribution >= 0.6 is 11.8 Å². The first kappa shape index (κ1) is 28.3. The molecule has 2 nitrogen and oxygen atoms in total. The molecule has 0 N–H and O–H groups in total. The van der Waals surface area contributed by atoms with E-state index in [9.17, 15) is 4.79 Å². The van der Waals surface area contributed by atoms with Crippen LogP contribution in [0.3, 0.4) is 0 Å². The second kappa shape index (κ2) is 15.7. The average molecular weight is 497 g/mol. The molecule has 0 aliphatic heterocycles. The molecule has 1 aromatic carbocycles. The van der Waals surface area contributed by atoms with Gasteiger partial charge in [-0.1, -0.05) is 94.2 Å². The van der Waals surface area contributed by atoms with Crippen molar-refractivity contribution in [3.8, 4) is 0 Å². The third-order valence-corrected chi connectivity index (χ3v) is 8.83. The van der Waals surface area contributed by atoms with Gasteiger partial charge in [0.25, 0.3) is 0 Å². The molecule has 1 saturated carbocycles. The first-order chi connectivity index (χ1) is 17.1. The average Bonchev–Trinajstić information content (AvgIpc) is 2.87. The van der Waals surface area contributed by atoms with Gasteiger partial charge in [-0.25, -0.2) is 0 Å². The monoisotopic (exact) mass is 496 g/mol. The molecule has 0 heterocycles. The lowest BCUT2D eigenvalue weighted by Gasteiger charge is -2.29. The molecular weight excluding hydrogens is 448 g/mol. The maximum absolute atomic E-state index is 12.9. The van der Waals surface area contributed by atoms with Crippen LogP contribution in [0.1, 0.15) is 110 Å². The normalized spacial score (nSPS) is 23.9. The molecule has 0 spiro atoms. The molecule has 2 atom stereocenters. The Kier molecular flexibility index (Phi) is 12.7. The van der Waals surface area contributed by atoms with Crippen molar-refractivity contribution in [2.24, 2.45) is 17.8 Å². The summed E-state index contributed by atoms with van der Waals surface area (Å²) in [5, 5.41) is 0.368. The van der Waals surface area contributed by atoms with Gasteiger partial charge in [0.1, 0.15) is 0 Å². The van der Waals surface area contributed by atoms with Crippen molar-refractivity contribution in [3.63, 3.8) is 0 Å². The molecular formula is C32H48O2S. The van der Waals surface area contributed by atoms with Gasteiger partial charge in [0.2, 0.25) is 0 Å². The molecule has 0 amide bonds. The predicted octanol–water partition coefficient (Wildman–Crippen LogP) is 9.64. The number of carbonyl (C=O) groups is 1. The standard InChI is InChI=1S/C32H48O2S/c1-4-6-7-23-34-30-19-13-26(14-20-30)9-10-27-15-21-31(22-16-27)35-32(33)29-17-11-28(12-18-29)24-25(3)8-5-2/h9-10,13,15-16,21-22,25,28-30H,4-8,11-12,14,17-20,23-24H2,1-3H3/b10-9+. The Balaban J connectivity index is 1.38. The van der Waals surface area contributed by atoms with Crippen molar-refractivity contribution >= 4 is 23.0 Å². The molecule has 0 bridgehead atoms. The summed E-state index contributed by atoms with van der Waals surface area (Å²) in [7, 11) is 0. The van der Waals surface area contributed by atoms with Crippen LogP contribution in [0.2, 0.25) is 0 Å². The van der Waals surface area contributed by atoms with E-state index in [1.807, 2.05) is 0 Å². The van der Waals surface area contributed by atoms with Gasteiger partial charge in [0.05, 0.1) is 6.10 Å². The number of thioether (sulfide) groups is 1. The first-order valence-electron chi connectivity index (χ1n) is 14.4. The quantitative estimate of drug-likeness (QED) is 0.201. The van der Waals surface area contributed by atoms with Crippen molar-refractivity contribution in [3.05, 3.63) is 47.6 Å². The number of hydrogen-bond acceptors (Lipinski definition) is 3. The van der Waals surface area contributed by atoms with Gasteiger partial charge < -0.3 is 4.74 Å². The lowest BCUT2D eigenvalue weighted by atomic mass is 9.78. The molecule has 1 fully saturated rings. The van der Waals surface area contributed by atoms with Gasteiger partial charge in [0.15, 0.2) is 5.12 Å². The third-order valence-electron chi connectivity index (χ3n) is 7.79. The summed E-state index contributed by atoms with van der Waals surface area (Å²) in [6.07, 6.45) is 22.7. The fourth-order valence-corrected chi connectivity index (χ4v) is 6.51. The van der Waals surface area contributed by atoms with Crippen LogP contribution in [0.15, 0.2) is 46.9 Å². The lowest BCUT2D eigenvalue weighted by molar-refractivity contribution is -0.115. The minimum absolute atomic E-state index is 0.245. The summed E-state index contributed by atoms with van der Waals surface area (Å²) in [4.78, 5) is 13.9. The Morgan fingerprint density at radius 3 is 2.46 bits per heavy atom. The minimum atomic E-state index is 0.245. The van der Waals surface area contributed by atoms with Crippen molar-refractivity contribution in [2.45, 2.75) is 115 Å². The molecule has 2 unspecified atom stereocenters. The number of hydrogen-bond donors (Lipinski definition) is 0. The van der Waals surface area contributed by atoms with E-state index in [4.69, 9.17) is 4.74 Å². The largest absolute Gasteiger partial charge is 0.378 e. The third kappa shape index (κ3) is 10.3. The second-order valence-electron chi connectivity index (χ2n) is 10.9. The topological polar surface area (TPSA) is 26.3 Å². The minimum Gasteiger partial charge on any atom is -0.378 e. The number of carbonyl (C=O) groups excluding carboxylic acids is 1. The molecule has 0 saturated heterocycles. The number of benzene rings is 1. The molecule has 0 aromatic heterocycles.